The van der Waals surface area contributed by atoms with E-state index < -0.39 is 5.82 Å². The third-order valence-electron chi connectivity index (χ3n) is 5.68. The van der Waals surface area contributed by atoms with Crippen LogP contribution in [-0.4, -0.2) is 52.4 Å². The lowest BCUT2D eigenvalue weighted by Crippen LogP contribution is -2.35. The molecule has 1 atom stereocenters. The summed E-state index contributed by atoms with van der Waals surface area (Å²) in [5.41, 5.74) is 9.12. The van der Waals surface area contributed by atoms with Gasteiger partial charge in [0.25, 0.3) is 0 Å². The molecule has 10 heteroatoms. The fourth-order valence-corrected chi connectivity index (χ4v) is 4.05. The zero-order valence-electron chi connectivity index (χ0n) is 17.8. The number of nitrogens with zero attached hydrogens (tertiary/aromatic N) is 4. The molecule has 2 aliphatic rings. The molecule has 31 heavy (non-hydrogen) atoms. The number of halogens is 1. The molecule has 1 aromatic heterocycles. The van der Waals surface area contributed by atoms with Gasteiger partial charge in [0.05, 0.1) is 30.6 Å². The minimum absolute atomic E-state index is 0.0104. The predicted molar refractivity (Wildman–Crippen MR) is 115 cm³/mol. The van der Waals surface area contributed by atoms with Gasteiger partial charge in [-0.15, -0.1) is 0 Å². The first-order valence-corrected chi connectivity index (χ1v) is 10.3. The van der Waals surface area contributed by atoms with Gasteiger partial charge in [-0.2, -0.15) is 5.10 Å². The Hall–Kier alpha value is -3.11. The van der Waals surface area contributed by atoms with Gasteiger partial charge in [0.1, 0.15) is 5.82 Å². The van der Waals surface area contributed by atoms with Gasteiger partial charge in [0.2, 0.25) is 5.91 Å². The number of hydrogen-bond donors (Lipinski definition) is 3. The summed E-state index contributed by atoms with van der Waals surface area (Å²) < 4.78 is 22.4. The summed E-state index contributed by atoms with van der Waals surface area (Å²) in [4.78, 5) is 13.7. The Kier molecular flexibility index (Phi) is 5.84. The number of benzene rings is 1. The maximum atomic E-state index is 14.9. The molecule has 2 aliphatic heterocycles. The lowest BCUT2D eigenvalue weighted by molar-refractivity contribution is -0.129. The lowest BCUT2D eigenvalue weighted by Gasteiger charge is -2.27. The van der Waals surface area contributed by atoms with E-state index in [2.05, 4.69) is 5.32 Å². The highest BCUT2D eigenvalue weighted by atomic mass is 19.1. The molecule has 1 saturated heterocycles. The SMILES string of the molecule is CC(=O)N1CCc2c(c(Nc3ccc(/C(N)=C/N(C)N)cc3F)nn2C2CCOC2)C1. The largest absolute Gasteiger partial charge is 0.397 e. The highest BCUT2D eigenvalue weighted by Gasteiger charge is 2.30. The number of ether oxygens (including phenoxy) is 1. The van der Waals surface area contributed by atoms with Crippen LogP contribution in [0.4, 0.5) is 15.9 Å². The molecule has 4 rings (SSSR count). The third kappa shape index (κ3) is 4.35. The number of fused-ring (bicyclic) bond motifs is 1. The van der Waals surface area contributed by atoms with E-state index in [4.69, 9.17) is 21.4 Å². The van der Waals surface area contributed by atoms with Crippen LogP contribution in [0.1, 0.15) is 36.2 Å². The Morgan fingerprint density at radius 3 is 2.90 bits per heavy atom. The number of nitrogens with two attached hydrogens (primary N) is 2. The maximum absolute atomic E-state index is 14.9. The number of hydrogen-bond acceptors (Lipinski definition) is 7. The normalized spacial score (nSPS) is 18.8. The molecular formula is C21H28FN7O2. The first kappa shape index (κ1) is 21.1. The Bertz CT molecular complexity index is 1010. The van der Waals surface area contributed by atoms with Crippen LogP contribution in [0.2, 0.25) is 0 Å². The fourth-order valence-electron chi connectivity index (χ4n) is 4.05. The molecule has 9 nitrogen and oxygen atoms in total. The number of anilines is 2. The van der Waals surface area contributed by atoms with Gasteiger partial charge in [0.15, 0.2) is 5.82 Å². The molecular weight excluding hydrogens is 401 g/mol. The molecule has 0 bridgehead atoms. The van der Waals surface area contributed by atoms with E-state index in [9.17, 15) is 9.18 Å². The Labute approximate surface area is 180 Å². The van der Waals surface area contributed by atoms with Crippen molar-refractivity contribution in [3.05, 3.63) is 47.0 Å². The zero-order chi connectivity index (χ0) is 22.1. The van der Waals surface area contributed by atoms with Gasteiger partial charge in [0, 0.05) is 56.6 Å². The summed E-state index contributed by atoms with van der Waals surface area (Å²) in [6, 6.07) is 4.85. The maximum Gasteiger partial charge on any atom is 0.219 e. The van der Waals surface area contributed by atoms with Crippen LogP contribution in [0.15, 0.2) is 24.4 Å². The Balaban J connectivity index is 1.66. The third-order valence-corrected chi connectivity index (χ3v) is 5.68. The van der Waals surface area contributed by atoms with Crippen LogP contribution in [0, 0.1) is 5.82 Å². The van der Waals surface area contributed by atoms with Crippen molar-refractivity contribution in [1.82, 2.24) is 19.7 Å². The highest BCUT2D eigenvalue weighted by molar-refractivity contribution is 5.74. The molecule has 0 saturated carbocycles. The van der Waals surface area contributed by atoms with E-state index in [0.29, 0.717) is 49.8 Å². The average molecular weight is 430 g/mol. The summed E-state index contributed by atoms with van der Waals surface area (Å²) in [5, 5.41) is 9.20. The molecule has 0 radical (unpaired) electrons. The van der Waals surface area contributed by atoms with Gasteiger partial charge in [-0.3, -0.25) is 9.48 Å². The molecule has 1 unspecified atom stereocenters. The van der Waals surface area contributed by atoms with Gasteiger partial charge >= 0.3 is 0 Å². The van der Waals surface area contributed by atoms with E-state index in [1.54, 1.807) is 31.0 Å². The first-order valence-electron chi connectivity index (χ1n) is 10.3. The first-order chi connectivity index (χ1) is 14.8. The molecule has 1 fully saturated rings. The molecule has 2 aromatic rings. The molecule has 0 spiro atoms. The summed E-state index contributed by atoms with van der Waals surface area (Å²) in [6.07, 6.45) is 3.10. The zero-order valence-corrected chi connectivity index (χ0v) is 17.8. The van der Waals surface area contributed by atoms with Crippen LogP contribution >= 0.6 is 0 Å². The van der Waals surface area contributed by atoms with Crippen molar-refractivity contribution in [2.24, 2.45) is 11.6 Å². The Morgan fingerprint density at radius 2 is 2.26 bits per heavy atom. The van der Waals surface area contributed by atoms with E-state index in [-0.39, 0.29) is 17.6 Å². The van der Waals surface area contributed by atoms with Gasteiger partial charge < -0.3 is 25.7 Å². The molecule has 0 aliphatic carbocycles. The number of carbonyl (C=O) groups is 1. The molecule has 3 heterocycles. The fraction of sp³-hybridized carbons (Fsp3) is 0.429. The highest BCUT2D eigenvalue weighted by Crippen LogP contribution is 2.33. The molecule has 166 valence electrons. The summed E-state index contributed by atoms with van der Waals surface area (Å²) in [5.74, 6) is 5.69. The van der Waals surface area contributed by atoms with Crippen LogP contribution in [0.25, 0.3) is 5.70 Å². The van der Waals surface area contributed by atoms with Crippen molar-refractivity contribution in [3.8, 4) is 0 Å². The van der Waals surface area contributed by atoms with Crippen molar-refractivity contribution >= 4 is 23.1 Å². The molecule has 1 amide bonds. The predicted octanol–water partition coefficient (Wildman–Crippen LogP) is 1.69. The summed E-state index contributed by atoms with van der Waals surface area (Å²) in [7, 11) is 1.64. The molecule has 5 N–H and O–H groups in total. The van der Waals surface area contributed by atoms with E-state index in [1.807, 2.05) is 4.68 Å². The number of nitrogens with one attached hydrogen (secondary N) is 1. The lowest BCUT2D eigenvalue weighted by atomic mass is 10.1. The van der Waals surface area contributed by atoms with Crippen LogP contribution < -0.4 is 16.9 Å². The average Bonchev–Trinajstić information content (AvgIpc) is 3.36. The van der Waals surface area contributed by atoms with Crippen molar-refractivity contribution in [2.45, 2.75) is 32.4 Å². The monoisotopic (exact) mass is 429 g/mol. The topological polar surface area (TPSA) is 115 Å². The summed E-state index contributed by atoms with van der Waals surface area (Å²) >= 11 is 0. The van der Waals surface area contributed by atoms with Crippen molar-refractivity contribution in [3.63, 3.8) is 0 Å². The summed E-state index contributed by atoms with van der Waals surface area (Å²) in [6.45, 7) is 3.95. The van der Waals surface area contributed by atoms with E-state index in [1.165, 1.54) is 17.3 Å². The van der Waals surface area contributed by atoms with Gasteiger partial charge in [-0.05, 0) is 18.6 Å². The van der Waals surface area contributed by atoms with E-state index in [0.717, 1.165) is 17.7 Å². The number of rotatable bonds is 5. The number of carbonyl (C=O) groups excluding carboxylic acids is 1. The van der Waals surface area contributed by atoms with Crippen molar-refractivity contribution < 1.29 is 13.9 Å². The minimum Gasteiger partial charge on any atom is -0.397 e. The number of aromatic nitrogens is 2. The van der Waals surface area contributed by atoms with Crippen LogP contribution in [0.5, 0.6) is 0 Å². The second-order valence-corrected chi connectivity index (χ2v) is 8.00. The van der Waals surface area contributed by atoms with Gasteiger partial charge in [-0.25, -0.2) is 10.2 Å². The number of amides is 1. The smallest absolute Gasteiger partial charge is 0.219 e. The Morgan fingerprint density at radius 1 is 1.45 bits per heavy atom. The minimum atomic E-state index is -0.458. The van der Waals surface area contributed by atoms with Gasteiger partial charge in [-0.1, -0.05) is 6.07 Å². The quantitative estimate of drug-likeness (QED) is 0.489. The second kappa shape index (κ2) is 8.56. The number of hydrazine groups is 1. The van der Waals surface area contributed by atoms with E-state index >= 15 is 0 Å². The molecule has 1 aromatic carbocycles. The van der Waals surface area contributed by atoms with Crippen LogP contribution in [-0.2, 0) is 22.5 Å². The standard InChI is InChI=1S/C21H28FN7O2/c1-13(30)28-7-5-20-16(10-28)21(26-29(20)15-6-8-31-12-15)25-19-4-3-14(9-17(19)22)18(23)11-27(2)24/h3-4,9,11,15H,5-8,10,12,23-24H2,1-2H3,(H,25,26)/b18-11-. The van der Waals surface area contributed by atoms with Crippen molar-refractivity contribution in [2.75, 3.05) is 32.1 Å². The van der Waals surface area contributed by atoms with Crippen molar-refractivity contribution in [1.29, 1.82) is 0 Å². The second-order valence-electron chi connectivity index (χ2n) is 8.00. The van der Waals surface area contributed by atoms with Crippen LogP contribution in [0.3, 0.4) is 0 Å².